The van der Waals surface area contributed by atoms with E-state index in [1.807, 2.05) is 0 Å². The third-order valence-electron chi connectivity index (χ3n) is 2.58. The molecule has 1 rings (SSSR count). The summed E-state index contributed by atoms with van der Waals surface area (Å²) in [5.74, 6) is 0.462. The maximum absolute atomic E-state index is 12.0. The topological polar surface area (TPSA) is 9.23 Å². The number of halogens is 3. The van der Waals surface area contributed by atoms with E-state index in [0.717, 1.165) is 12.8 Å². The molecule has 0 aromatic carbocycles. The first-order chi connectivity index (χ1) is 6.50. The Morgan fingerprint density at radius 2 is 1.80 bits per heavy atom. The summed E-state index contributed by atoms with van der Waals surface area (Å²) in [6.45, 7) is -1.86. The van der Waals surface area contributed by atoms with E-state index in [-0.39, 0.29) is 58.0 Å². The van der Waals surface area contributed by atoms with Crippen molar-refractivity contribution in [2.24, 2.45) is 5.92 Å². The van der Waals surface area contributed by atoms with Crippen LogP contribution in [-0.2, 0) is 4.74 Å². The van der Waals surface area contributed by atoms with Gasteiger partial charge in [0.15, 0.2) is 0 Å². The molecule has 0 aromatic heterocycles. The van der Waals surface area contributed by atoms with Crippen LogP contribution < -0.4 is 51.4 Å². The van der Waals surface area contributed by atoms with E-state index >= 15 is 0 Å². The number of hydrogen-bond donors (Lipinski definition) is 0. The van der Waals surface area contributed by atoms with Crippen LogP contribution in [0, 0.1) is 5.92 Å². The number of rotatable bonds is 5. The summed E-state index contributed by atoms with van der Waals surface area (Å²) in [4.78, 5) is 0. The molecule has 1 fully saturated rings. The van der Waals surface area contributed by atoms with E-state index < -0.39 is 12.4 Å². The van der Waals surface area contributed by atoms with Crippen LogP contribution in [-0.4, -0.2) is 20.2 Å². The molecule has 82 valence electrons. The summed E-state index contributed by atoms with van der Waals surface area (Å²) >= 11 is 0. The van der Waals surface area contributed by atoms with E-state index in [1.165, 1.54) is 12.8 Å². The SMILES string of the molecule is C=C(COCC1CCCC1)[B-](F)(F)F.[K+]. The molecule has 1 aliphatic carbocycles. The van der Waals surface area contributed by atoms with Crippen molar-refractivity contribution in [3.8, 4) is 0 Å². The summed E-state index contributed by atoms with van der Waals surface area (Å²) < 4.78 is 41.1. The third-order valence-corrected chi connectivity index (χ3v) is 2.58. The third kappa shape index (κ3) is 6.48. The molecular formula is C9H15BF3KO. The maximum Gasteiger partial charge on any atom is 1.00 e. The van der Waals surface area contributed by atoms with Gasteiger partial charge in [-0.05, 0) is 18.8 Å². The predicted molar refractivity (Wildman–Crippen MR) is 51.0 cm³/mol. The van der Waals surface area contributed by atoms with Gasteiger partial charge in [-0.15, -0.1) is 12.1 Å². The van der Waals surface area contributed by atoms with Crippen molar-refractivity contribution in [2.75, 3.05) is 13.2 Å². The normalized spacial score (nSPS) is 17.5. The Morgan fingerprint density at radius 3 is 2.27 bits per heavy atom. The molecule has 15 heavy (non-hydrogen) atoms. The Kier molecular flexibility index (Phi) is 8.10. The second kappa shape index (κ2) is 7.50. The summed E-state index contributed by atoms with van der Waals surface area (Å²) in [6.07, 6.45) is 4.53. The molecule has 0 N–H and O–H groups in total. The summed E-state index contributed by atoms with van der Waals surface area (Å²) in [7, 11) is 0. The van der Waals surface area contributed by atoms with Gasteiger partial charge in [-0.3, -0.25) is 0 Å². The van der Waals surface area contributed by atoms with E-state index in [0.29, 0.717) is 12.5 Å². The van der Waals surface area contributed by atoms with Gasteiger partial charge in [0.2, 0.25) is 0 Å². The Morgan fingerprint density at radius 1 is 1.27 bits per heavy atom. The standard InChI is InChI=1S/C9H15BF3O.K/c1-8(10(11,12)13)6-14-7-9-4-2-3-5-9;/h9H,1-7H2;/q-1;+1. The molecule has 0 radical (unpaired) electrons. The minimum absolute atomic E-state index is 0. The van der Waals surface area contributed by atoms with Crippen molar-refractivity contribution >= 4 is 6.98 Å². The molecule has 1 nitrogen and oxygen atoms in total. The fourth-order valence-corrected chi connectivity index (χ4v) is 1.63. The Labute approximate surface area is 131 Å². The van der Waals surface area contributed by atoms with Gasteiger partial charge >= 0.3 is 58.4 Å². The zero-order valence-corrected chi connectivity index (χ0v) is 12.3. The van der Waals surface area contributed by atoms with Gasteiger partial charge in [0.1, 0.15) is 0 Å². The smallest absolute Gasteiger partial charge is 0.445 e. The Bertz CT molecular complexity index is 202. The second-order valence-corrected chi connectivity index (χ2v) is 3.90. The molecule has 0 saturated heterocycles. The molecule has 1 saturated carbocycles. The summed E-state index contributed by atoms with van der Waals surface area (Å²) in [6, 6.07) is 0. The molecule has 0 heterocycles. The van der Waals surface area contributed by atoms with Gasteiger partial charge in [-0.25, -0.2) is 0 Å². The predicted octanol–water partition coefficient (Wildman–Crippen LogP) is 0.140. The van der Waals surface area contributed by atoms with E-state index in [4.69, 9.17) is 4.74 Å². The van der Waals surface area contributed by atoms with Crippen LogP contribution in [0.2, 0.25) is 0 Å². The molecule has 6 heteroatoms. The first-order valence-electron chi connectivity index (χ1n) is 4.95. The van der Waals surface area contributed by atoms with Gasteiger partial charge in [0.25, 0.3) is 0 Å². The van der Waals surface area contributed by atoms with Crippen LogP contribution in [0.4, 0.5) is 12.9 Å². The van der Waals surface area contributed by atoms with Gasteiger partial charge in [0, 0.05) is 13.2 Å². The van der Waals surface area contributed by atoms with Gasteiger partial charge in [-0.2, -0.15) is 0 Å². The molecule has 0 aliphatic heterocycles. The molecule has 0 amide bonds. The fraction of sp³-hybridized carbons (Fsp3) is 0.778. The number of ether oxygens (including phenoxy) is 1. The van der Waals surface area contributed by atoms with Crippen molar-refractivity contribution in [1.82, 2.24) is 0 Å². The number of hydrogen-bond acceptors (Lipinski definition) is 1. The zero-order chi connectivity index (χ0) is 10.6. The maximum atomic E-state index is 12.0. The van der Waals surface area contributed by atoms with Crippen LogP contribution in [0.25, 0.3) is 0 Å². The largest absolute Gasteiger partial charge is 1.00 e. The first-order valence-corrected chi connectivity index (χ1v) is 4.95. The summed E-state index contributed by atoms with van der Waals surface area (Å²) in [5, 5.41) is 0. The average Bonchev–Trinajstić information content (AvgIpc) is 2.55. The van der Waals surface area contributed by atoms with Crippen LogP contribution in [0.15, 0.2) is 12.1 Å². The minimum atomic E-state index is -4.92. The van der Waals surface area contributed by atoms with Crippen LogP contribution in [0.3, 0.4) is 0 Å². The molecule has 0 bridgehead atoms. The molecule has 1 aliphatic rings. The van der Waals surface area contributed by atoms with Gasteiger partial charge in [0.05, 0.1) is 0 Å². The Hall–Kier alpha value is 1.19. The van der Waals surface area contributed by atoms with Crippen molar-refractivity contribution in [1.29, 1.82) is 0 Å². The van der Waals surface area contributed by atoms with Crippen molar-refractivity contribution in [3.05, 3.63) is 12.1 Å². The quantitative estimate of drug-likeness (QED) is 0.627. The molecule has 0 atom stereocenters. The van der Waals surface area contributed by atoms with Gasteiger partial charge < -0.3 is 17.7 Å². The van der Waals surface area contributed by atoms with E-state index in [1.54, 1.807) is 0 Å². The van der Waals surface area contributed by atoms with Crippen molar-refractivity contribution < 1.29 is 69.1 Å². The zero-order valence-electron chi connectivity index (χ0n) is 9.15. The monoisotopic (exact) mass is 246 g/mol. The van der Waals surface area contributed by atoms with E-state index in [2.05, 4.69) is 6.58 Å². The van der Waals surface area contributed by atoms with Gasteiger partial charge in [-0.1, -0.05) is 12.8 Å². The van der Waals surface area contributed by atoms with Crippen molar-refractivity contribution in [2.45, 2.75) is 25.7 Å². The Balaban J connectivity index is 0.00000196. The van der Waals surface area contributed by atoms with Crippen molar-refractivity contribution in [3.63, 3.8) is 0 Å². The molecule has 0 aromatic rings. The molecule has 0 unspecified atom stereocenters. The van der Waals surface area contributed by atoms with Crippen LogP contribution in [0.1, 0.15) is 25.7 Å². The van der Waals surface area contributed by atoms with E-state index in [9.17, 15) is 12.9 Å². The average molecular weight is 246 g/mol. The first kappa shape index (κ1) is 16.2. The summed E-state index contributed by atoms with van der Waals surface area (Å²) in [5.41, 5.74) is -0.733. The van der Waals surface area contributed by atoms with Crippen LogP contribution >= 0.6 is 0 Å². The molecular weight excluding hydrogens is 231 g/mol. The minimum Gasteiger partial charge on any atom is -0.445 e. The fourth-order valence-electron chi connectivity index (χ4n) is 1.63. The second-order valence-electron chi connectivity index (χ2n) is 3.90. The molecule has 0 spiro atoms. The van der Waals surface area contributed by atoms with Crippen LogP contribution in [0.5, 0.6) is 0 Å².